The molecule has 2 bridgehead atoms. The van der Waals surface area contributed by atoms with Gasteiger partial charge < -0.3 is 14.5 Å². The SMILES string of the molecule is C=C1[C@@H]2CCCN2[C@@H](C(=O)N(C)C(C)C)/C(F)=C/C[C@H](C)[C@@H](C)S(=O)(=O)NC(=O)c2ccc3c(c2)N1CCCCc1cc(Cl)ccc1CO3. The Balaban J connectivity index is 1.66. The molecule has 0 aromatic heterocycles. The maximum Gasteiger partial charge on any atom is 0.264 e. The van der Waals surface area contributed by atoms with E-state index >= 15 is 4.39 Å². The molecule has 2 amide bonds. The fourth-order valence-corrected chi connectivity index (χ4v) is 8.29. The number of nitrogens with one attached hydrogen (secondary N) is 1. The normalized spacial score (nSPS) is 26.4. The average molecular weight is 715 g/mol. The highest BCUT2D eigenvalue weighted by atomic mass is 35.5. The van der Waals surface area contributed by atoms with Crippen LogP contribution in [0.2, 0.25) is 5.02 Å². The number of ether oxygens (including phenoxy) is 1. The molecule has 1 saturated heterocycles. The fourth-order valence-electron chi connectivity index (χ4n) is 6.81. The van der Waals surface area contributed by atoms with Gasteiger partial charge in [-0.1, -0.05) is 37.2 Å². The fraction of sp³-hybridized carbons (Fsp3) is 0.514. The first kappa shape index (κ1) is 36.9. The van der Waals surface area contributed by atoms with Crippen molar-refractivity contribution in [1.29, 1.82) is 0 Å². The molecule has 5 rings (SSSR count). The maximum atomic E-state index is 16.5. The number of sulfonamides is 1. The lowest BCUT2D eigenvalue weighted by Crippen LogP contribution is -2.53. The van der Waals surface area contributed by atoms with Crippen LogP contribution in [0.15, 0.2) is 60.6 Å². The van der Waals surface area contributed by atoms with E-state index in [1.807, 2.05) is 41.8 Å². The molecule has 3 aliphatic heterocycles. The standard InChI is InChI=1S/C37H48ClFN4O5S/c1-23(2)41(6)37(45)35-31(39)16-12-24(3)26(5)49(46,47)40-36(44)28-14-17-34-33(21-28)42(25(4)32-11-9-19-43(32)35)18-8-7-10-27-20-30(38)15-13-29(27)22-48-34/h13-17,20-21,23-24,26,32,35H,4,7-12,18-19,22H2,1-3,5-6H3,(H,40,44)/b31-16-/t24-,26+,32-,35+/m0/s1. The third kappa shape index (κ3) is 7.99. The molecule has 12 heteroatoms. The minimum Gasteiger partial charge on any atom is -0.487 e. The van der Waals surface area contributed by atoms with Gasteiger partial charge in [0, 0.05) is 42.5 Å². The largest absolute Gasteiger partial charge is 0.487 e. The summed E-state index contributed by atoms with van der Waals surface area (Å²) in [5, 5.41) is -0.369. The zero-order valence-corrected chi connectivity index (χ0v) is 30.6. The number of aryl methyl sites for hydroxylation is 1. The van der Waals surface area contributed by atoms with Crippen molar-refractivity contribution in [2.24, 2.45) is 5.92 Å². The number of hydrogen-bond acceptors (Lipinski definition) is 7. The van der Waals surface area contributed by atoms with Crippen molar-refractivity contribution < 1.29 is 27.1 Å². The van der Waals surface area contributed by atoms with Crippen LogP contribution in [-0.4, -0.2) is 73.5 Å². The van der Waals surface area contributed by atoms with Crippen LogP contribution in [0.1, 0.15) is 81.3 Å². The van der Waals surface area contributed by atoms with Gasteiger partial charge in [-0.2, -0.15) is 0 Å². The summed E-state index contributed by atoms with van der Waals surface area (Å²) >= 11 is 6.35. The zero-order chi connectivity index (χ0) is 35.6. The minimum absolute atomic E-state index is 0.0621. The van der Waals surface area contributed by atoms with Gasteiger partial charge in [0.2, 0.25) is 15.9 Å². The van der Waals surface area contributed by atoms with Gasteiger partial charge in [0.05, 0.1) is 17.0 Å². The van der Waals surface area contributed by atoms with Crippen LogP contribution >= 0.6 is 11.6 Å². The Hall–Kier alpha value is -3.41. The van der Waals surface area contributed by atoms with Crippen LogP contribution < -0.4 is 14.4 Å². The van der Waals surface area contributed by atoms with Crippen molar-refractivity contribution in [3.05, 3.63) is 82.3 Å². The number of anilines is 1. The summed E-state index contributed by atoms with van der Waals surface area (Å²) in [6, 6.07) is 8.87. The molecule has 1 N–H and O–H groups in total. The Morgan fingerprint density at radius 1 is 1.10 bits per heavy atom. The molecule has 9 nitrogen and oxygen atoms in total. The second kappa shape index (κ2) is 15.2. The second-order valence-corrected chi connectivity index (χ2v) is 16.3. The third-order valence-corrected chi connectivity index (χ3v) is 12.5. The molecule has 3 aliphatic rings. The monoisotopic (exact) mass is 714 g/mol. The molecule has 266 valence electrons. The number of allylic oxidation sites excluding steroid dienone is 1. The van der Waals surface area contributed by atoms with Gasteiger partial charge in [-0.05, 0) is 107 Å². The molecule has 4 atom stereocenters. The first-order chi connectivity index (χ1) is 23.2. The molecule has 0 unspecified atom stereocenters. The third-order valence-electron chi connectivity index (χ3n) is 10.3. The minimum atomic E-state index is -4.14. The summed E-state index contributed by atoms with van der Waals surface area (Å²) in [7, 11) is -2.47. The van der Waals surface area contributed by atoms with E-state index in [1.54, 1.807) is 37.1 Å². The van der Waals surface area contributed by atoms with Crippen molar-refractivity contribution in [3.63, 3.8) is 0 Å². The van der Waals surface area contributed by atoms with Crippen LogP contribution in [0.3, 0.4) is 0 Å². The Kier molecular flexibility index (Phi) is 11.5. The first-order valence-electron chi connectivity index (χ1n) is 17.1. The van der Waals surface area contributed by atoms with Crippen LogP contribution in [0.25, 0.3) is 0 Å². The summed E-state index contributed by atoms with van der Waals surface area (Å²) in [5.74, 6) is -1.83. The molecule has 2 aromatic carbocycles. The molecule has 0 saturated carbocycles. The van der Waals surface area contributed by atoms with Crippen molar-refractivity contribution in [2.45, 2.75) is 96.2 Å². The van der Waals surface area contributed by atoms with Gasteiger partial charge in [0.1, 0.15) is 24.2 Å². The van der Waals surface area contributed by atoms with Gasteiger partial charge >= 0.3 is 0 Å². The molecule has 49 heavy (non-hydrogen) atoms. The number of likely N-dealkylation sites (N-methyl/N-ethyl adjacent to an activating group) is 1. The number of amides is 2. The van der Waals surface area contributed by atoms with Crippen molar-refractivity contribution >= 4 is 39.1 Å². The highest BCUT2D eigenvalue weighted by Gasteiger charge is 2.42. The molecular formula is C37H48ClFN4O5S. The van der Waals surface area contributed by atoms with Gasteiger partial charge in [-0.3, -0.25) is 14.5 Å². The van der Waals surface area contributed by atoms with Gasteiger partial charge in [0.15, 0.2) is 0 Å². The molecule has 0 aliphatic carbocycles. The van der Waals surface area contributed by atoms with Crippen LogP contribution in [0.5, 0.6) is 5.75 Å². The lowest BCUT2D eigenvalue weighted by atomic mass is 10.0. The summed E-state index contributed by atoms with van der Waals surface area (Å²) in [6.07, 6.45) is 5.13. The summed E-state index contributed by atoms with van der Waals surface area (Å²) < 4.78 is 52.0. The Labute approximate surface area is 295 Å². The summed E-state index contributed by atoms with van der Waals surface area (Å²) in [4.78, 5) is 33.0. The maximum absolute atomic E-state index is 16.5. The van der Waals surface area contributed by atoms with Crippen molar-refractivity contribution in [1.82, 2.24) is 14.5 Å². The Bertz CT molecular complexity index is 1730. The number of nitrogens with zero attached hydrogens (tertiary/aromatic N) is 3. The van der Waals surface area contributed by atoms with Crippen LogP contribution in [0.4, 0.5) is 10.1 Å². The number of hydrogen-bond donors (Lipinski definition) is 1. The molecule has 0 radical (unpaired) electrons. The van der Waals surface area contributed by atoms with E-state index in [4.69, 9.17) is 16.3 Å². The zero-order valence-electron chi connectivity index (χ0n) is 29.0. The van der Waals surface area contributed by atoms with E-state index in [2.05, 4.69) is 11.3 Å². The van der Waals surface area contributed by atoms with E-state index in [9.17, 15) is 18.0 Å². The number of rotatable bonds is 2. The van der Waals surface area contributed by atoms with E-state index in [1.165, 1.54) is 13.0 Å². The lowest BCUT2D eigenvalue weighted by molar-refractivity contribution is -0.136. The Morgan fingerprint density at radius 2 is 1.86 bits per heavy atom. The molecule has 2 aromatic rings. The molecule has 1 fully saturated rings. The smallest absolute Gasteiger partial charge is 0.264 e. The van der Waals surface area contributed by atoms with E-state index in [0.717, 1.165) is 36.8 Å². The van der Waals surface area contributed by atoms with E-state index < -0.39 is 39.0 Å². The second-order valence-electron chi connectivity index (χ2n) is 13.8. The van der Waals surface area contributed by atoms with Gasteiger partial charge in [-0.15, -0.1) is 0 Å². The number of carbonyl (C=O) groups is 2. The van der Waals surface area contributed by atoms with Crippen molar-refractivity contribution in [2.75, 3.05) is 25.0 Å². The average Bonchev–Trinajstić information content (AvgIpc) is 3.53. The topological polar surface area (TPSA) is 99.3 Å². The van der Waals surface area contributed by atoms with E-state index in [0.29, 0.717) is 41.7 Å². The lowest BCUT2D eigenvalue weighted by Gasteiger charge is -2.39. The highest BCUT2D eigenvalue weighted by Crippen LogP contribution is 2.39. The van der Waals surface area contributed by atoms with Gasteiger partial charge in [0.25, 0.3) is 5.91 Å². The predicted molar refractivity (Wildman–Crippen MR) is 192 cm³/mol. The summed E-state index contributed by atoms with van der Waals surface area (Å²) in [5.41, 5.74) is 3.44. The predicted octanol–water partition coefficient (Wildman–Crippen LogP) is 6.62. The quantitative estimate of drug-likeness (QED) is 0.374. The molecule has 0 spiro atoms. The van der Waals surface area contributed by atoms with Crippen molar-refractivity contribution in [3.8, 4) is 5.75 Å². The van der Waals surface area contributed by atoms with Crippen LogP contribution in [-0.2, 0) is 27.8 Å². The van der Waals surface area contributed by atoms with E-state index in [-0.39, 0.29) is 36.6 Å². The number of halogens is 2. The first-order valence-corrected chi connectivity index (χ1v) is 19.1. The van der Waals surface area contributed by atoms with Crippen LogP contribution in [0, 0.1) is 5.92 Å². The molecule has 3 heterocycles. The highest BCUT2D eigenvalue weighted by molar-refractivity contribution is 7.90. The Morgan fingerprint density at radius 3 is 2.59 bits per heavy atom. The number of carbonyl (C=O) groups excluding carboxylic acids is 2. The number of fused-ring (bicyclic) bond motifs is 3. The molecular weight excluding hydrogens is 667 g/mol. The number of benzene rings is 2. The van der Waals surface area contributed by atoms with Gasteiger partial charge in [-0.25, -0.2) is 17.5 Å². The summed E-state index contributed by atoms with van der Waals surface area (Å²) in [6.45, 7) is 12.7.